The lowest BCUT2D eigenvalue weighted by atomic mass is 10.1. The molecule has 6 nitrogen and oxygen atoms in total. The minimum Gasteiger partial charge on any atom is -0.390 e. The van der Waals surface area contributed by atoms with Crippen LogP contribution in [0.15, 0.2) is 36.7 Å². The molecule has 24 heavy (non-hydrogen) atoms. The van der Waals surface area contributed by atoms with Gasteiger partial charge in [0.15, 0.2) is 5.82 Å². The predicted molar refractivity (Wildman–Crippen MR) is 95.0 cm³/mol. The van der Waals surface area contributed by atoms with E-state index in [9.17, 15) is 5.11 Å². The highest BCUT2D eigenvalue weighted by atomic mass is 16.3. The molecule has 0 aliphatic carbocycles. The van der Waals surface area contributed by atoms with Gasteiger partial charge in [-0.1, -0.05) is 6.07 Å². The van der Waals surface area contributed by atoms with Crippen LogP contribution in [0.3, 0.4) is 0 Å². The molecule has 0 saturated carbocycles. The van der Waals surface area contributed by atoms with Gasteiger partial charge in [-0.25, -0.2) is 9.97 Å². The molecule has 3 rings (SSSR count). The van der Waals surface area contributed by atoms with Crippen molar-refractivity contribution in [3.05, 3.63) is 48.2 Å². The lowest BCUT2D eigenvalue weighted by Crippen LogP contribution is -2.23. The van der Waals surface area contributed by atoms with E-state index in [2.05, 4.69) is 24.8 Å². The number of pyridine rings is 1. The summed E-state index contributed by atoms with van der Waals surface area (Å²) in [5.74, 6) is 1.52. The van der Waals surface area contributed by atoms with Crippen LogP contribution in [0, 0.1) is 6.92 Å². The first-order valence-corrected chi connectivity index (χ1v) is 8.12. The summed E-state index contributed by atoms with van der Waals surface area (Å²) in [5, 5.41) is 13.2. The molecule has 126 valence electrons. The molecule has 3 aromatic rings. The Morgan fingerprint density at radius 1 is 1.21 bits per heavy atom. The van der Waals surface area contributed by atoms with Crippen molar-refractivity contribution in [1.82, 2.24) is 19.5 Å². The SMILES string of the molecule is Cc1nc(NCCC(C)(C)O)c2c(ccn2Cc2ccccn2)n1. The second kappa shape index (κ2) is 6.57. The third kappa shape index (κ3) is 3.89. The van der Waals surface area contributed by atoms with Crippen LogP contribution in [0.5, 0.6) is 0 Å². The second-order valence-corrected chi connectivity index (χ2v) is 6.61. The Balaban J connectivity index is 1.91. The average Bonchev–Trinajstić information content (AvgIpc) is 2.89. The highest BCUT2D eigenvalue weighted by molar-refractivity contribution is 5.86. The van der Waals surface area contributed by atoms with Gasteiger partial charge in [0.1, 0.15) is 11.3 Å². The molecule has 6 heteroatoms. The number of nitrogens with one attached hydrogen (secondary N) is 1. The van der Waals surface area contributed by atoms with Gasteiger partial charge in [0, 0.05) is 18.9 Å². The lowest BCUT2D eigenvalue weighted by Gasteiger charge is -2.18. The second-order valence-electron chi connectivity index (χ2n) is 6.61. The minimum absolute atomic E-state index is 0.637. The molecular formula is C18H23N5O. The molecule has 0 fully saturated rings. The van der Waals surface area contributed by atoms with E-state index in [0.717, 1.165) is 28.4 Å². The largest absolute Gasteiger partial charge is 0.390 e. The summed E-state index contributed by atoms with van der Waals surface area (Å²) in [6, 6.07) is 7.89. The Morgan fingerprint density at radius 3 is 2.75 bits per heavy atom. The number of aromatic nitrogens is 4. The summed E-state index contributed by atoms with van der Waals surface area (Å²) in [6.07, 6.45) is 4.44. The van der Waals surface area contributed by atoms with Crippen molar-refractivity contribution in [3.8, 4) is 0 Å². The van der Waals surface area contributed by atoms with Crippen LogP contribution in [0.4, 0.5) is 5.82 Å². The Morgan fingerprint density at radius 2 is 2.04 bits per heavy atom. The standard InChI is InChI=1S/C18H23N5O/c1-13-21-15-7-11-23(12-14-6-4-5-9-19-14)16(15)17(22-13)20-10-8-18(2,3)24/h4-7,9,11,24H,8,10,12H2,1-3H3,(H,20,21,22). The zero-order valence-electron chi connectivity index (χ0n) is 14.3. The van der Waals surface area contributed by atoms with Crippen LogP contribution in [-0.4, -0.2) is 36.8 Å². The van der Waals surface area contributed by atoms with Crippen LogP contribution >= 0.6 is 0 Å². The third-order valence-electron chi connectivity index (χ3n) is 3.81. The van der Waals surface area contributed by atoms with Crippen molar-refractivity contribution >= 4 is 16.9 Å². The predicted octanol–water partition coefficient (Wildman–Crippen LogP) is 2.76. The summed E-state index contributed by atoms with van der Waals surface area (Å²) in [6.45, 7) is 6.80. The first kappa shape index (κ1) is 16.4. The van der Waals surface area contributed by atoms with Crippen LogP contribution in [0.2, 0.25) is 0 Å². The molecule has 0 unspecified atom stereocenters. The number of hydrogen-bond donors (Lipinski definition) is 2. The smallest absolute Gasteiger partial charge is 0.154 e. The molecule has 0 spiro atoms. The van der Waals surface area contributed by atoms with Crippen molar-refractivity contribution in [2.45, 2.75) is 39.3 Å². The molecule has 0 radical (unpaired) electrons. The molecule has 0 atom stereocenters. The summed E-state index contributed by atoms with van der Waals surface area (Å²) >= 11 is 0. The highest BCUT2D eigenvalue weighted by Gasteiger charge is 2.14. The fourth-order valence-electron chi connectivity index (χ4n) is 2.63. The number of aryl methyl sites for hydroxylation is 1. The fourth-order valence-corrected chi connectivity index (χ4v) is 2.63. The number of anilines is 1. The van der Waals surface area contributed by atoms with Crippen molar-refractivity contribution in [3.63, 3.8) is 0 Å². The first-order valence-electron chi connectivity index (χ1n) is 8.12. The fraction of sp³-hybridized carbons (Fsp3) is 0.389. The van der Waals surface area contributed by atoms with E-state index in [1.165, 1.54) is 0 Å². The monoisotopic (exact) mass is 325 g/mol. The van der Waals surface area contributed by atoms with Crippen molar-refractivity contribution in [2.75, 3.05) is 11.9 Å². The number of aliphatic hydroxyl groups is 1. The first-order chi connectivity index (χ1) is 11.4. The molecule has 0 amide bonds. The highest BCUT2D eigenvalue weighted by Crippen LogP contribution is 2.23. The Labute approximate surface area is 141 Å². The molecule has 3 aromatic heterocycles. The molecule has 2 N–H and O–H groups in total. The Bertz CT molecular complexity index is 821. The van der Waals surface area contributed by atoms with Crippen LogP contribution in [0.25, 0.3) is 11.0 Å². The van der Waals surface area contributed by atoms with Crippen LogP contribution in [0.1, 0.15) is 31.8 Å². The molecule has 0 aromatic carbocycles. The third-order valence-corrected chi connectivity index (χ3v) is 3.81. The molecule has 0 bridgehead atoms. The lowest BCUT2D eigenvalue weighted by molar-refractivity contribution is 0.0748. The number of nitrogens with zero attached hydrogens (tertiary/aromatic N) is 4. The quantitative estimate of drug-likeness (QED) is 0.729. The van der Waals surface area contributed by atoms with Gasteiger partial charge in [0.25, 0.3) is 0 Å². The average molecular weight is 325 g/mol. The summed E-state index contributed by atoms with van der Waals surface area (Å²) in [4.78, 5) is 13.5. The van der Waals surface area contributed by atoms with Crippen molar-refractivity contribution < 1.29 is 5.11 Å². The van der Waals surface area contributed by atoms with Crippen LogP contribution < -0.4 is 5.32 Å². The van der Waals surface area contributed by atoms with Gasteiger partial charge in [-0.05, 0) is 45.4 Å². The van der Waals surface area contributed by atoms with E-state index in [0.29, 0.717) is 19.5 Å². The molecule has 3 heterocycles. The van der Waals surface area contributed by atoms with Crippen LogP contribution in [-0.2, 0) is 6.54 Å². The maximum atomic E-state index is 9.89. The molecule has 0 aliphatic heterocycles. The van der Waals surface area contributed by atoms with Crippen molar-refractivity contribution in [2.24, 2.45) is 0 Å². The van der Waals surface area contributed by atoms with Gasteiger partial charge in [-0.2, -0.15) is 0 Å². The maximum Gasteiger partial charge on any atom is 0.154 e. The van der Waals surface area contributed by atoms with E-state index in [1.807, 2.05) is 37.4 Å². The van der Waals surface area contributed by atoms with E-state index >= 15 is 0 Å². The van der Waals surface area contributed by atoms with Gasteiger partial charge in [-0.3, -0.25) is 4.98 Å². The molecule has 0 saturated heterocycles. The van der Waals surface area contributed by atoms with Gasteiger partial charge in [0.05, 0.1) is 23.4 Å². The van der Waals surface area contributed by atoms with Gasteiger partial charge < -0.3 is 15.0 Å². The van der Waals surface area contributed by atoms with E-state index in [-0.39, 0.29) is 0 Å². The summed E-state index contributed by atoms with van der Waals surface area (Å²) in [5.41, 5.74) is 2.15. The van der Waals surface area contributed by atoms with Crippen molar-refractivity contribution in [1.29, 1.82) is 0 Å². The maximum absolute atomic E-state index is 9.89. The molecular weight excluding hydrogens is 302 g/mol. The number of hydrogen-bond acceptors (Lipinski definition) is 5. The zero-order valence-corrected chi connectivity index (χ0v) is 14.3. The van der Waals surface area contributed by atoms with Gasteiger partial charge in [-0.15, -0.1) is 0 Å². The molecule has 0 aliphatic rings. The number of rotatable bonds is 6. The summed E-state index contributed by atoms with van der Waals surface area (Å²) < 4.78 is 2.10. The van der Waals surface area contributed by atoms with Gasteiger partial charge >= 0.3 is 0 Å². The Kier molecular flexibility index (Phi) is 4.49. The normalized spacial score (nSPS) is 11.8. The van der Waals surface area contributed by atoms with E-state index in [1.54, 1.807) is 20.0 Å². The minimum atomic E-state index is -0.704. The van der Waals surface area contributed by atoms with Gasteiger partial charge in [0.2, 0.25) is 0 Å². The zero-order chi connectivity index (χ0) is 17.2. The topological polar surface area (TPSA) is 75.9 Å². The summed E-state index contributed by atoms with van der Waals surface area (Å²) in [7, 11) is 0. The number of fused-ring (bicyclic) bond motifs is 1. The van der Waals surface area contributed by atoms with E-state index < -0.39 is 5.60 Å². The Hall–Kier alpha value is -2.47. The van der Waals surface area contributed by atoms with E-state index in [4.69, 9.17) is 0 Å².